The highest BCUT2D eigenvalue weighted by Crippen LogP contribution is 2.36. The number of aromatic nitrogens is 2. The maximum absolute atomic E-state index is 13.0. The molecule has 128 valence electrons. The van der Waals surface area contributed by atoms with Gasteiger partial charge in [-0.2, -0.15) is 18.3 Å². The zero-order valence-corrected chi connectivity index (χ0v) is 12.8. The number of morpholine rings is 1. The number of nitrogens with one attached hydrogen (secondary N) is 1. The third kappa shape index (κ3) is 3.77. The topological polar surface area (TPSA) is 59.4 Å². The molecule has 1 saturated carbocycles. The summed E-state index contributed by atoms with van der Waals surface area (Å²) in [6, 6.07) is -0.611. The normalized spacial score (nSPS) is 22.3. The van der Waals surface area contributed by atoms with Gasteiger partial charge >= 0.3 is 12.2 Å². The number of anilines is 1. The molecule has 6 nitrogen and oxygen atoms in total. The fraction of sp³-hybridized carbons (Fsp3) is 0.714. The molecule has 0 spiro atoms. The molecular weight excluding hydrogens is 313 g/mol. The lowest BCUT2D eigenvalue weighted by Crippen LogP contribution is -2.50. The van der Waals surface area contributed by atoms with E-state index in [0.29, 0.717) is 25.7 Å². The van der Waals surface area contributed by atoms with Crippen LogP contribution in [0.5, 0.6) is 0 Å². The minimum absolute atomic E-state index is 0.0812. The number of aryl methyl sites for hydroxylation is 1. The van der Waals surface area contributed by atoms with Crippen LogP contribution in [0.2, 0.25) is 0 Å². The Morgan fingerprint density at radius 3 is 2.87 bits per heavy atom. The second kappa shape index (κ2) is 6.03. The van der Waals surface area contributed by atoms with E-state index in [4.69, 9.17) is 4.74 Å². The van der Waals surface area contributed by atoms with E-state index in [0.717, 1.165) is 30.1 Å². The molecule has 1 saturated heterocycles. The summed E-state index contributed by atoms with van der Waals surface area (Å²) in [7, 11) is 1.38. The Morgan fingerprint density at radius 1 is 1.48 bits per heavy atom. The van der Waals surface area contributed by atoms with Crippen molar-refractivity contribution in [1.29, 1.82) is 0 Å². The lowest BCUT2D eigenvalue weighted by Gasteiger charge is -2.35. The van der Waals surface area contributed by atoms with Gasteiger partial charge in [-0.25, -0.2) is 4.79 Å². The number of alkyl halides is 3. The molecule has 1 aromatic rings. The van der Waals surface area contributed by atoms with Crippen LogP contribution >= 0.6 is 0 Å². The lowest BCUT2D eigenvalue weighted by atomic mass is 10.1. The molecule has 0 radical (unpaired) electrons. The van der Waals surface area contributed by atoms with E-state index in [2.05, 4.69) is 10.4 Å². The molecule has 0 bridgehead atoms. The molecule has 1 aliphatic heterocycles. The third-order valence-electron chi connectivity index (χ3n) is 4.13. The van der Waals surface area contributed by atoms with Crippen molar-refractivity contribution in [2.75, 3.05) is 25.1 Å². The molecule has 2 fully saturated rings. The second-order valence-electron chi connectivity index (χ2n) is 6.09. The van der Waals surface area contributed by atoms with E-state index < -0.39 is 17.9 Å². The van der Waals surface area contributed by atoms with Crippen molar-refractivity contribution < 1.29 is 22.7 Å². The van der Waals surface area contributed by atoms with Gasteiger partial charge in [0.15, 0.2) is 5.69 Å². The number of rotatable bonds is 3. The standard InChI is InChI=1S/C14H19F3N4O2/c1-20-7-11(12(19-20)14(15,16)17)18-13(22)21-4-5-23-8-10(21)6-9-2-3-9/h7,9-10H,2-6,8H2,1H3,(H,18,22). The molecule has 23 heavy (non-hydrogen) atoms. The average Bonchev–Trinajstić information content (AvgIpc) is 3.20. The first-order chi connectivity index (χ1) is 10.8. The van der Waals surface area contributed by atoms with E-state index in [1.165, 1.54) is 7.05 Å². The molecule has 2 heterocycles. The highest BCUT2D eigenvalue weighted by Gasteiger charge is 2.39. The maximum atomic E-state index is 13.0. The first kappa shape index (κ1) is 16.1. The Bertz CT molecular complexity index is 583. The number of hydrogen-bond donors (Lipinski definition) is 1. The number of amides is 2. The minimum atomic E-state index is -4.61. The van der Waals surface area contributed by atoms with E-state index in [-0.39, 0.29) is 11.7 Å². The zero-order chi connectivity index (χ0) is 16.6. The summed E-state index contributed by atoms with van der Waals surface area (Å²) in [4.78, 5) is 14.0. The molecule has 1 aliphatic carbocycles. The van der Waals surface area contributed by atoms with Crippen molar-refractivity contribution in [1.82, 2.24) is 14.7 Å². The molecule has 1 unspecified atom stereocenters. The predicted octanol–water partition coefficient (Wildman–Crippen LogP) is 2.47. The van der Waals surface area contributed by atoms with Crippen LogP contribution in [0.1, 0.15) is 25.0 Å². The first-order valence-corrected chi connectivity index (χ1v) is 7.61. The summed E-state index contributed by atoms with van der Waals surface area (Å²) >= 11 is 0. The fourth-order valence-electron chi connectivity index (χ4n) is 2.83. The molecule has 1 atom stereocenters. The Balaban J connectivity index is 1.72. The van der Waals surface area contributed by atoms with Gasteiger partial charge in [0.2, 0.25) is 0 Å². The van der Waals surface area contributed by atoms with Crippen LogP contribution in [0.3, 0.4) is 0 Å². The van der Waals surface area contributed by atoms with E-state index in [9.17, 15) is 18.0 Å². The number of hydrogen-bond acceptors (Lipinski definition) is 3. The molecule has 3 rings (SSSR count). The average molecular weight is 332 g/mol. The largest absolute Gasteiger partial charge is 0.437 e. The van der Waals surface area contributed by atoms with Crippen LogP contribution in [0.25, 0.3) is 0 Å². The number of urea groups is 1. The monoisotopic (exact) mass is 332 g/mol. The Hall–Kier alpha value is -1.77. The van der Waals surface area contributed by atoms with Gasteiger partial charge in [0.1, 0.15) is 0 Å². The van der Waals surface area contributed by atoms with Gasteiger partial charge in [-0.05, 0) is 12.3 Å². The van der Waals surface area contributed by atoms with Crippen molar-refractivity contribution in [2.45, 2.75) is 31.5 Å². The van der Waals surface area contributed by atoms with Crippen LogP contribution in [0.4, 0.5) is 23.7 Å². The summed E-state index contributed by atoms with van der Waals surface area (Å²) < 4.78 is 45.3. The first-order valence-electron chi connectivity index (χ1n) is 7.61. The van der Waals surface area contributed by atoms with Gasteiger partial charge in [0.25, 0.3) is 0 Å². The van der Waals surface area contributed by atoms with Gasteiger partial charge < -0.3 is 15.0 Å². The number of ether oxygens (including phenoxy) is 1. The summed E-state index contributed by atoms with van der Waals surface area (Å²) in [5.41, 5.74) is -1.40. The minimum Gasteiger partial charge on any atom is -0.377 e. The van der Waals surface area contributed by atoms with E-state index >= 15 is 0 Å². The SMILES string of the molecule is Cn1cc(NC(=O)N2CCOCC2CC2CC2)c(C(F)(F)F)n1. The summed E-state index contributed by atoms with van der Waals surface area (Å²) in [6.45, 7) is 1.21. The van der Waals surface area contributed by atoms with Crippen molar-refractivity contribution in [3.05, 3.63) is 11.9 Å². The van der Waals surface area contributed by atoms with Crippen LogP contribution in [-0.4, -0.2) is 46.5 Å². The van der Waals surface area contributed by atoms with Crippen molar-refractivity contribution in [2.24, 2.45) is 13.0 Å². The Kier molecular flexibility index (Phi) is 4.22. The third-order valence-corrected chi connectivity index (χ3v) is 4.13. The molecule has 2 aliphatic rings. The zero-order valence-electron chi connectivity index (χ0n) is 12.8. The molecule has 2 amide bonds. The number of carbonyl (C=O) groups is 1. The van der Waals surface area contributed by atoms with E-state index in [1.54, 1.807) is 4.90 Å². The molecule has 9 heteroatoms. The number of carbonyl (C=O) groups excluding carboxylic acids is 1. The molecular formula is C14H19F3N4O2. The number of halogens is 3. The lowest BCUT2D eigenvalue weighted by molar-refractivity contribution is -0.140. The van der Waals surface area contributed by atoms with Crippen molar-refractivity contribution >= 4 is 11.7 Å². The summed E-state index contributed by atoms with van der Waals surface area (Å²) in [5, 5.41) is 5.75. The van der Waals surface area contributed by atoms with Gasteiger partial charge in [-0.1, -0.05) is 12.8 Å². The second-order valence-corrected chi connectivity index (χ2v) is 6.09. The fourth-order valence-corrected chi connectivity index (χ4v) is 2.83. The summed E-state index contributed by atoms with van der Waals surface area (Å²) in [5.74, 6) is 0.598. The van der Waals surface area contributed by atoms with Crippen LogP contribution < -0.4 is 5.32 Å². The van der Waals surface area contributed by atoms with Crippen LogP contribution in [0, 0.1) is 5.92 Å². The maximum Gasteiger partial charge on any atom is 0.437 e. The highest BCUT2D eigenvalue weighted by atomic mass is 19.4. The van der Waals surface area contributed by atoms with Gasteiger partial charge in [0, 0.05) is 19.8 Å². The number of nitrogens with zero attached hydrogens (tertiary/aromatic N) is 3. The predicted molar refractivity (Wildman–Crippen MR) is 75.9 cm³/mol. The Morgan fingerprint density at radius 2 is 2.22 bits per heavy atom. The van der Waals surface area contributed by atoms with Crippen LogP contribution in [-0.2, 0) is 18.0 Å². The Labute approximate surface area is 131 Å². The van der Waals surface area contributed by atoms with Crippen LogP contribution in [0.15, 0.2) is 6.20 Å². The molecule has 0 aromatic carbocycles. The van der Waals surface area contributed by atoms with Crippen molar-refractivity contribution in [3.8, 4) is 0 Å². The quantitative estimate of drug-likeness (QED) is 0.925. The molecule has 1 aromatic heterocycles. The van der Waals surface area contributed by atoms with Gasteiger partial charge in [-0.3, -0.25) is 4.68 Å². The highest BCUT2D eigenvalue weighted by molar-refractivity contribution is 5.90. The summed E-state index contributed by atoms with van der Waals surface area (Å²) in [6.07, 6.45) is -0.314. The van der Waals surface area contributed by atoms with Gasteiger partial charge in [0.05, 0.1) is 24.9 Å². The molecule has 1 N–H and O–H groups in total. The van der Waals surface area contributed by atoms with Gasteiger partial charge in [-0.15, -0.1) is 0 Å². The van der Waals surface area contributed by atoms with E-state index in [1.807, 2.05) is 0 Å². The smallest absolute Gasteiger partial charge is 0.377 e. The van der Waals surface area contributed by atoms with Crippen molar-refractivity contribution in [3.63, 3.8) is 0 Å².